The molecular weight excluding hydrogens is 239 g/mol. The van der Waals surface area contributed by atoms with Gasteiger partial charge in [0.2, 0.25) is 0 Å². The third-order valence-corrected chi connectivity index (χ3v) is 2.03. The summed E-state index contributed by atoms with van der Waals surface area (Å²) in [7, 11) is 0. The molecular formula is C13H25FO4. The first-order valence-electron chi connectivity index (χ1n) is 6.07. The standard InChI is InChI=1S/C13H25FO4/c1-12(2,3)17-8-9(10(15)7-14)11(16)18-13(4,5)6/h9-10,15H,7-8H2,1-6H3. The molecule has 0 aliphatic heterocycles. The number of alkyl halides is 1. The molecule has 0 aromatic heterocycles. The third kappa shape index (κ3) is 7.61. The van der Waals surface area contributed by atoms with Crippen molar-refractivity contribution in [2.24, 2.45) is 5.92 Å². The van der Waals surface area contributed by atoms with E-state index in [2.05, 4.69) is 0 Å². The Morgan fingerprint density at radius 3 is 2.00 bits per heavy atom. The predicted octanol–water partition coefficient (Wildman–Crippen LogP) is 2.09. The second-order valence-electron chi connectivity index (χ2n) is 6.28. The van der Waals surface area contributed by atoms with Crippen LogP contribution >= 0.6 is 0 Å². The van der Waals surface area contributed by atoms with Crippen molar-refractivity contribution in [2.45, 2.75) is 58.8 Å². The summed E-state index contributed by atoms with van der Waals surface area (Å²) >= 11 is 0. The quantitative estimate of drug-likeness (QED) is 0.772. The summed E-state index contributed by atoms with van der Waals surface area (Å²) in [4.78, 5) is 11.8. The molecule has 0 rings (SSSR count). The van der Waals surface area contributed by atoms with Crippen LogP contribution in [-0.4, -0.2) is 41.7 Å². The lowest BCUT2D eigenvalue weighted by Gasteiger charge is -2.28. The summed E-state index contributed by atoms with van der Waals surface area (Å²) in [6.45, 7) is 9.54. The molecule has 18 heavy (non-hydrogen) atoms. The molecule has 0 aliphatic carbocycles. The normalized spacial score (nSPS) is 16.2. The predicted molar refractivity (Wildman–Crippen MR) is 67.0 cm³/mol. The second kappa shape index (κ2) is 6.48. The van der Waals surface area contributed by atoms with Gasteiger partial charge in [-0.15, -0.1) is 0 Å². The van der Waals surface area contributed by atoms with E-state index in [1.54, 1.807) is 20.8 Å². The van der Waals surface area contributed by atoms with Gasteiger partial charge in [-0.1, -0.05) is 0 Å². The van der Waals surface area contributed by atoms with Gasteiger partial charge in [0.1, 0.15) is 18.2 Å². The van der Waals surface area contributed by atoms with Crippen LogP contribution in [0.15, 0.2) is 0 Å². The van der Waals surface area contributed by atoms with Gasteiger partial charge in [0.25, 0.3) is 0 Å². The van der Waals surface area contributed by atoms with Crippen molar-refractivity contribution < 1.29 is 23.8 Å². The van der Waals surface area contributed by atoms with E-state index < -0.39 is 35.9 Å². The average molecular weight is 264 g/mol. The first-order chi connectivity index (χ1) is 7.96. The van der Waals surface area contributed by atoms with E-state index in [1.165, 1.54) is 0 Å². The van der Waals surface area contributed by atoms with Crippen LogP contribution in [0.4, 0.5) is 4.39 Å². The molecule has 0 spiro atoms. The summed E-state index contributed by atoms with van der Waals surface area (Å²) in [5, 5.41) is 9.53. The highest BCUT2D eigenvalue weighted by atomic mass is 19.1. The van der Waals surface area contributed by atoms with Gasteiger partial charge in [0.15, 0.2) is 0 Å². The summed E-state index contributed by atoms with van der Waals surface area (Å²) in [5.41, 5.74) is -1.14. The highest BCUT2D eigenvalue weighted by Crippen LogP contribution is 2.17. The van der Waals surface area contributed by atoms with Crippen LogP contribution in [0.3, 0.4) is 0 Å². The van der Waals surface area contributed by atoms with E-state index >= 15 is 0 Å². The maximum Gasteiger partial charge on any atom is 0.314 e. The van der Waals surface area contributed by atoms with Gasteiger partial charge >= 0.3 is 5.97 Å². The fourth-order valence-electron chi connectivity index (χ4n) is 1.16. The summed E-state index contributed by atoms with van der Waals surface area (Å²) in [6, 6.07) is 0. The smallest absolute Gasteiger partial charge is 0.314 e. The van der Waals surface area contributed by atoms with Gasteiger partial charge in [-0.2, -0.15) is 0 Å². The van der Waals surface area contributed by atoms with Gasteiger partial charge in [0.05, 0.1) is 18.3 Å². The molecule has 2 unspecified atom stereocenters. The van der Waals surface area contributed by atoms with Crippen molar-refractivity contribution in [3.63, 3.8) is 0 Å². The van der Waals surface area contributed by atoms with Crippen molar-refractivity contribution in [2.75, 3.05) is 13.3 Å². The van der Waals surface area contributed by atoms with Crippen molar-refractivity contribution in [1.82, 2.24) is 0 Å². The first kappa shape index (κ1) is 17.3. The molecule has 0 aliphatic rings. The van der Waals surface area contributed by atoms with Crippen LogP contribution in [0.5, 0.6) is 0 Å². The molecule has 0 radical (unpaired) electrons. The number of hydrogen-bond acceptors (Lipinski definition) is 4. The molecule has 0 aromatic rings. The number of carbonyl (C=O) groups excluding carboxylic acids is 1. The van der Waals surface area contributed by atoms with E-state index in [4.69, 9.17) is 9.47 Å². The maximum absolute atomic E-state index is 12.5. The van der Waals surface area contributed by atoms with Crippen LogP contribution in [0, 0.1) is 5.92 Å². The van der Waals surface area contributed by atoms with Crippen LogP contribution in [0.25, 0.3) is 0 Å². The first-order valence-corrected chi connectivity index (χ1v) is 6.07. The largest absolute Gasteiger partial charge is 0.460 e. The molecule has 0 fully saturated rings. The van der Waals surface area contributed by atoms with Crippen LogP contribution in [0.2, 0.25) is 0 Å². The maximum atomic E-state index is 12.5. The van der Waals surface area contributed by atoms with E-state index in [0.717, 1.165) is 0 Å². The molecule has 1 N–H and O–H groups in total. The van der Waals surface area contributed by atoms with Gasteiger partial charge in [-0.25, -0.2) is 4.39 Å². The van der Waals surface area contributed by atoms with E-state index in [1.807, 2.05) is 20.8 Å². The lowest BCUT2D eigenvalue weighted by atomic mass is 10.0. The Labute approximate surface area is 108 Å². The zero-order chi connectivity index (χ0) is 14.6. The minimum absolute atomic E-state index is 0.0660. The lowest BCUT2D eigenvalue weighted by Crippen LogP contribution is -2.40. The SMILES string of the molecule is CC(C)(C)OCC(C(=O)OC(C)(C)C)C(O)CF. The fourth-order valence-corrected chi connectivity index (χ4v) is 1.16. The van der Waals surface area contributed by atoms with Gasteiger partial charge in [0, 0.05) is 0 Å². The number of ether oxygens (including phenoxy) is 2. The molecule has 108 valence electrons. The van der Waals surface area contributed by atoms with Gasteiger partial charge in [-0.3, -0.25) is 4.79 Å². The molecule has 0 amide bonds. The monoisotopic (exact) mass is 264 g/mol. The molecule has 5 heteroatoms. The molecule has 0 saturated carbocycles. The number of aliphatic hydroxyl groups is 1. The molecule has 0 heterocycles. The minimum Gasteiger partial charge on any atom is -0.460 e. The van der Waals surface area contributed by atoms with Gasteiger partial charge in [-0.05, 0) is 41.5 Å². The van der Waals surface area contributed by atoms with Crippen molar-refractivity contribution >= 4 is 5.97 Å². The Kier molecular flexibility index (Phi) is 6.23. The molecule has 4 nitrogen and oxygen atoms in total. The second-order valence-corrected chi connectivity index (χ2v) is 6.28. The number of hydrogen-bond donors (Lipinski definition) is 1. The number of esters is 1. The lowest BCUT2D eigenvalue weighted by molar-refractivity contribution is -0.170. The number of aliphatic hydroxyl groups excluding tert-OH is 1. The Balaban J connectivity index is 4.63. The van der Waals surface area contributed by atoms with Crippen LogP contribution in [0.1, 0.15) is 41.5 Å². The van der Waals surface area contributed by atoms with Crippen molar-refractivity contribution in [1.29, 1.82) is 0 Å². The zero-order valence-corrected chi connectivity index (χ0v) is 12.1. The molecule has 0 saturated heterocycles. The summed E-state index contributed by atoms with van der Waals surface area (Å²) in [6.07, 6.45) is -1.40. The van der Waals surface area contributed by atoms with Crippen molar-refractivity contribution in [3.8, 4) is 0 Å². The van der Waals surface area contributed by atoms with E-state index in [-0.39, 0.29) is 6.61 Å². The summed E-state index contributed by atoms with van der Waals surface area (Å²) in [5.74, 6) is -1.65. The van der Waals surface area contributed by atoms with E-state index in [0.29, 0.717) is 0 Å². The Hall–Kier alpha value is -0.680. The molecule has 0 aromatic carbocycles. The average Bonchev–Trinajstić information content (AvgIpc) is 2.12. The van der Waals surface area contributed by atoms with Crippen LogP contribution < -0.4 is 0 Å². The Bertz CT molecular complexity index is 265. The number of rotatable bonds is 5. The molecule has 2 atom stereocenters. The van der Waals surface area contributed by atoms with Gasteiger partial charge < -0.3 is 14.6 Å². The Morgan fingerprint density at radius 2 is 1.67 bits per heavy atom. The molecule has 0 bridgehead atoms. The topological polar surface area (TPSA) is 55.8 Å². The third-order valence-electron chi connectivity index (χ3n) is 2.03. The number of halogens is 1. The highest BCUT2D eigenvalue weighted by molar-refractivity contribution is 5.73. The van der Waals surface area contributed by atoms with Crippen molar-refractivity contribution in [3.05, 3.63) is 0 Å². The van der Waals surface area contributed by atoms with E-state index in [9.17, 15) is 14.3 Å². The fraction of sp³-hybridized carbons (Fsp3) is 0.923. The Morgan fingerprint density at radius 1 is 1.17 bits per heavy atom. The minimum atomic E-state index is -1.40. The highest BCUT2D eigenvalue weighted by Gasteiger charge is 2.32. The number of carbonyl (C=O) groups is 1. The zero-order valence-electron chi connectivity index (χ0n) is 12.1. The van der Waals surface area contributed by atoms with Crippen LogP contribution in [-0.2, 0) is 14.3 Å². The summed E-state index contributed by atoms with van der Waals surface area (Å²) < 4.78 is 23.1.